The van der Waals surface area contributed by atoms with E-state index in [0.717, 1.165) is 0 Å². The molecule has 1 amide bonds. The summed E-state index contributed by atoms with van der Waals surface area (Å²) in [5.74, 6) is -2.14. The van der Waals surface area contributed by atoms with E-state index in [4.69, 9.17) is 9.52 Å². The van der Waals surface area contributed by atoms with E-state index in [1.165, 1.54) is 11.2 Å². The van der Waals surface area contributed by atoms with Crippen LogP contribution in [0.5, 0.6) is 0 Å². The number of carboxylic acid groups (broad SMARTS) is 1. The van der Waals surface area contributed by atoms with Gasteiger partial charge in [0.25, 0.3) is 0 Å². The van der Waals surface area contributed by atoms with Crippen LogP contribution < -0.4 is 4.90 Å². The molecule has 3 rings (SSSR count). The van der Waals surface area contributed by atoms with Gasteiger partial charge in [-0.2, -0.15) is 0 Å². The summed E-state index contributed by atoms with van der Waals surface area (Å²) in [5.41, 5.74) is 0.673. The fourth-order valence-electron chi connectivity index (χ4n) is 2.36. The van der Waals surface area contributed by atoms with E-state index in [-0.39, 0.29) is 0 Å². The maximum atomic E-state index is 12.0. The Morgan fingerprint density at radius 2 is 1.89 bits per heavy atom. The van der Waals surface area contributed by atoms with Gasteiger partial charge < -0.3 is 9.52 Å². The number of benzene rings is 1. The second-order valence-electron chi connectivity index (χ2n) is 4.32. The number of carbonyl (C=O) groups is 2. The van der Waals surface area contributed by atoms with E-state index in [0.29, 0.717) is 11.4 Å². The first-order valence-electron chi connectivity index (χ1n) is 5.84. The molecule has 1 aliphatic heterocycles. The lowest BCUT2D eigenvalue weighted by molar-refractivity contribution is -0.152. The molecule has 2 aromatic rings. The Hall–Kier alpha value is -2.56. The van der Waals surface area contributed by atoms with Crippen LogP contribution in [0.3, 0.4) is 0 Å². The molecule has 0 saturated carbocycles. The summed E-state index contributed by atoms with van der Waals surface area (Å²) < 4.78 is 5.26. The average molecular weight is 257 g/mol. The summed E-state index contributed by atoms with van der Waals surface area (Å²) in [4.78, 5) is 24.7. The van der Waals surface area contributed by atoms with Crippen molar-refractivity contribution in [2.45, 2.75) is 6.04 Å². The molecule has 19 heavy (non-hydrogen) atoms. The Morgan fingerprint density at radius 3 is 2.47 bits per heavy atom. The summed E-state index contributed by atoms with van der Waals surface area (Å²) in [6, 6.07) is 11.8. The summed E-state index contributed by atoms with van der Waals surface area (Å²) in [6.45, 7) is 0. The fraction of sp³-hybridized carbons (Fsp3) is 0.143. The van der Waals surface area contributed by atoms with E-state index in [1.807, 2.05) is 6.07 Å². The normalized spacial score (nSPS) is 22.1. The Morgan fingerprint density at radius 1 is 1.16 bits per heavy atom. The molecule has 0 unspecified atom stereocenters. The van der Waals surface area contributed by atoms with Gasteiger partial charge in [0.05, 0.1) is 6.26 Å². The van der Waals surface area contributed by atoms with E-state index in [1.54, 1.807) is 36.4 Å². The molecule has 0 spiro atoms. The molecule has 1 aromatic carbocycles. The van der Waals surface area contributed by atoms with E-state index in [2.05, 4.69) is 0 Å². The van der Waals surface area contributed by atoms with Gasteiger partial charge >= 0.3 is 5.97 Å². The summed E-state index contributed by atoms with van der Waals surface area (Å²) in [6.07, 6.45) is 1.47. The van der Waals surface area contributed by atoms with E-state index >= 15 is 0 Å². The fourth-order valence-corrected chi connectivity index (χ4v) is 2.36. The molecular formula is C14H11NO4. The molecule has 2 atom stereocenters. The number of rotatable bonds is 3. The Balaban J connectivity index is 2.00. The molecular weight excluding hydrogens is 246 g/mol. The number of hydrogen-bond acceptors (Lipinski definition) is 3. The smallest absolute Gasteiger partial charge is 0.318 e. The number of furan rings is 1. The monoisotopic (exact) mass is 257 g/mol. The predicted octanol–water partition coefficient (Wildman–Crippen LogP) is 2.07. The Kier molecular flexibility index (Phi) is 2.59. The van der Waals surface area contributed by atoms with Gasteiger partial charge in [0, 0.05) is 5.69 Å². The highest BCUT2D eigenvalue weighted by molar-refractivity contribution is 6.13. The molecule has 2 heterocycles. The van der Waals surface area contributed by atoms with Crippen LogP contribution in [0.1, 0.15) is 11.8 Å². The quantitative estimate of drug-likeness (QED) is 0.675. The number of amides is 1. The van der Waals surface area contributed by atoms with Crippen molar-refractivity contribution in [3.63, 3.8) is 0 Å². The van der Waals surface area contributed by atoms with Crippen LogP contribution in [-0.4, -0.2) is 17.0 Å². The zero-order chi connectivity index (χ0) is 13.4. The van der Waals surface area contributed by atoms with Crippen molar-refractivity contribution >= 4 is 17.6 Å². The molecule has 0 radical (unpaired) electrons. The highest BCUT2D eigenvalue weighted by atomic mass is 16.4. The lowest BCUT2D eigenvalue weighted by Crippen LogP contribution is -2.58. The van der Waals surface area contributed by atoms with Crippen molar-refractivity contribution in [3.8, 4) is 0 Å². The van der Waals surface area contributed by atoms with Crippen molar-refractivity contribution in [1.29, 1.82) is 0 Å². The van der Waals surface area contributed by atoms with Gasteiger partial charge in [0.2, 0.25) is 5.91 Å². The summed E-state index contributed by atoms with van der Waals surface area (Å²) >= 11 is 0. The van der Waals surface area contributed by atoms with Crippen LogP contribution in [0.2, 0.25) is 0 Å². The zero-order valence-corrected chi connectivity index (χ0v) is 9.89. The Bertz CT molecular complexity index is 606. The van der Waals surface area contributed by atoms with Crippen LogP contribution in [0, 0.1) is 5.92 Å². The highest BCUT2D eigenvalue weighted by Gasteiger charge is 2.54. The number of para-hydroxylation sites is 1. The highest BCUT2D eigenvalue weighted by Crippen LogP contribution is 2.43. The van der Waals surface area contributed by atoms with Gasteiger partial charge in [0.15, 0.2) is 5.92 Å². The number of carboxylic acids is 1. The first-order valence-corrected chi connectivity index (χ1v) is 5.84. The first kappa shape index (κ1) is 11.5. The number of hydrogen-bond donors (Lipinski definition) is 1. The number of carbonyl (C=O) groups excluding carboxylic acids is 1. The lowest BCUT2D eigenvalue weighted by Gasteiger charge is -2.43. The number of aliphatic carboxylic acids is 1. The molecule has 0 bridgehead atoms. The number of β-lactam (4-membered cyclic amide) rings is 1. The van der Waals surface area contributed by atoms with Crippen molar-refractivity contribution in [2.75, 3.05) is 4.90 Å². The first-order chi connectivity index (χ1) is 9.20. The van der Waals surface area contributed by atoms with Crippen molar-refractivity contribution in [1.82, 2.24) is 0 Å². The lowest BCUT2D eigenvalue weighted by atomic mass is 9.85. The van der Waals surface area contributed by atoms with Crippen molar-refractivity contribution in [3.05, 3.63) is 54.5 Å². The minimum Gasteiger partial charge on any atom is -0.481 e. The molecule has 1 N–H and O–H groups in total. The SMILES string of the molecule is O=C(O)[C@@H]1C(=O)N(c2ccccc2)[C@H]1c1ccco1. The van der Waals surface area contributed by atoms with Crippen molar-refractivity contribution < 1.29 is 19.1 Å². The van der Waals surface area contributed by atoms with Crippen molar-refractivity contribution in [2.24, 2.45) is 5.92 Å². The van der Waals surface area contributed by atoms with Crippen LogP contribution >= 0.6 is 0 Å². The van der Waals surface area contributed by atoms with Crippen LogP contribution in [0.4, 0.5) is 5.69 Å². The number of nitrogens with zero attached hydrogens (tertiary/aromatic N) is 1. The van der Waals surface area contributed by atoms with Crippen LogP contribution in [0.15, 0.2) is 53.1 Å². The second kappa shape index (κ2) is 4.28. The van der Waals surface area contributed by atoms with Gasteiger partial charge in [-0.25, -0.2) is 0 Å². The van der Waals surface area contributed by atoms with Gasteiger partial charge in [-0.05, 0) is 24.3 Å². The van der Waals surface area contributed by atoms with Gasteiger partial charge in [-0.1, -0.05) is 18.2 Å². The third kappa shape index (κ3) is 1.71. The molecule has 1 saturated heterocycles. The third-order valence-electron chi connectivity index (χ3n) is 3.23. The molecule has 5 heteroatoms. The van der Waals surface area contributed by atoms with Crippen LogP contribution in [0.25, 0.3) is 0 Å². The molecule has 0 aliphatic carbocycles. The third-order valence-corrected chi connectivity index (χ3v) is 3.23. The summed E-state index contributed by atoms with van der Waals surface area (Å²) in [5, 5.41) is 9.15. The predicted molar refractivity (Wildman–Crippen MR) is 66.5 cm³/mol. The average Bonchev–Trinajstić information content (AvgIpc) is 2.89. The standard InChI is InChI=1S/C14H11NO4/c16-13-11(14(17)18)12(10-7-4-8-19-10)15(13)9-5-2-1-3-6-9/h1-8,11-12H,(H,17,18)/t11-,12-/m0/s1. The maximum absolute atomic E-state index is 12.0. The topological polar surface area (TPSA) is 70.8 Å². The largest absolute Gasteiger partial charge is 0.481 e. The zero-order valence-electron chi connectivity index (χ0n) is 9.89. The number of anilines is 1. The molecule has 1 aromatic heterocycles. The molecule has 5 nitrogen and oxygen atoms in total. The van der Waals surface area contributed by atoms with Crippen LogP contribution in [-0.2, 0) is 9.59 Å². The maximum Gasteiger partial charge on any atom is 0.318 e. The Labute approximate surface area is 109 Å². The minimum atomic E-state index is -1.13. The molecule has 1 fully saturated rings. The van der Waals surface area contributed by atoms with Gasteiger partial charge in [-0.15, -0.1) is 0 Å². The van der Waals surface area contributed by atoms with E-state index in [9.17, 15) is 9.59 Å². The van der Waals surface area contributed by atoms with Gasteiger partial charge in [-0.3, -0.25) is 14.5 Å². The molecule has 96 valence electrons. The van der Waals surface area contributed by atoms with Gasteiger partial charge in [0.1, 0.15) is 11.8 Å². The van der Waals surface area contributed by atoms with E-state index < -0.39 is 23.8 Å². The summed E-state index contributed by atoms with van der Waals surface area (Å²) in [7, 11) is 0. The minimum absolute atomic E-state index is 0.417. The second-order valence-corrected chi connectivity index (χ2v) is 4.32. The molecule has 1 aliphatic rings.